The zero-order valence-corrected chi connectivity index (χ0v) is 8.07. The van der Waals surface area contributed by atoms with Crippen LogP contribution in [0.4, 0.5) is 0 Å². The lowest BCUT2D eigenvalue weighted by atomic mass is 10.2. The van der Waals surface area contributed by atoms with Crippen LogP contribution >= 0.6 is 11.8 Å². The molecule has 0 radical (unpaired) electrons. The number of rotatable bonds is 1. The van der Waals surface area contributed by atoms with Crippen molar-refractivity contribution >= 4 is 11.8 Å². The minimum Gasteiger partial charge on any atom is -0.227 e. The predicted molar refractivity (Wildman–Crippen MR) is 47.7 cm³/mol. The van der Waals surface area contributed by atoms with Gasteiger partial charge in [0.2, 0.25) is 5.16 Å². The van der Waals surface area contributed by atoms with Crippen LogP contribution in [0.25, 0.3) is 0 Å². The number of aromatic nitrogens is 2. The molecule has 0 saturated heterocycles. The fourth-order valence-electron chi connectivity index (χ4n) is 0.828. The molecule has 0 aliphatic carbocycles. The monoisotopic (exact) mass is 179 g/mol. The predicted octanol–water partition coefficient (Wildman–Crippen LogP) is 1.98. The Balaban J connectivity index is 3.14. The normalized spacial score (nSPS) is 9.50. The fraction of sp³-hybridized carbons (Fsp3) is 0.375. The maximum Gasteiger partial charge on any atom is 0.202 e. The van der Waals surface area contributed by atoms with Gasteiger partial charge in [-0.15, -0.1) is 0 Å². The second-order valence-corrected chi connectivity index (χ2v) is 3.25. The number of nitrogens with zero attached hydrogens (tertiary/aromatic N) is 3. The van der Waals surface area contributed by atoms with E-state index >= 15 is 0 Å². The summed E-state index contributed by atoms with van der Waals surface area (Å²) < 4.78 is 0. The lowest BCUT2D eigenvalue weighted by Crippen LogP contribution is -1.97. The van der Waals surface area contributed by atoms with Crippen molar-refractivity contribution in [2.45, 2.75) is 25.9 Å². The van der Waals surface area contributed by atoms with Crippen LogP contribution < -0.4 is 0 Å². The third-order valence-corrected chi connectivity index (χ3v) is 2.21. The molecule has 0 unspecified atom stereocenters. The minimum absolute atomic E-state index is 0.540. The van der Waals surface area contributed by atoms with E-state index in [1.807, 2.05) is 26.2 Å². The Morgan fingerprint density at radius 2 is 1.67 bits per heavy atom. The van der Waals surface area contributed by atoms with Gasteiger partial charge >= 0.3 is 0 Å². The molecular weight excluding hydrogens is 170 g/mol. The molecule has 0 bridgehead atoms. The highest BCUT2D eigenvalue weighted by Crippen LogP contribution is 2.15. The van der Waals surface area contributed by atoms with Gasteiger partial charge in [-0.2, -0.15) is 5.26 Å². The summed E-state index contributed by atoms with van der Waals surface area (Å²) in [6.45, 7) is 5.82. The molecule has 12 heavy (non-hydrogen) atoms. The zero-order chi connectivity index (χ0) is 9.14. The van der Waals surface area contributed by atoms with Gasteiger partial charge in [0.15, 0.2) is 0 Å². The molecule has 0 atom stereocenters. The van der Waals surface area contributed by atoms with Crippen LogP contribution in [0.3, 0.4) is 0 Å². The van der Waals surface area contributed by atoms with Gasteiger partial charge in [-0.1, -0.05) is 0 Å². The lowest BCUT2D eigenvalue weighted by Gasteiger charge is -2.03. The molecule has 0 aromatic carbocycles. The molecule has 1 aromatic rings. The Bertz CT molecular complexity index is 318. The Hall–Kier alpha value is -1.08. The van der Waals surface area contributed by atoms with Gasteiger partial charge in [0.25, 0.3) is 0 Å². The van der Waals surface area contributed by atoms with Crippen LogP contribution in [0.15, 0.2) is 5.16 Å². The summed E-state index contributed by atoms with van der Waals surface area (Å²) in [5.41, 5.74) is 2.98. The quantitative estimate of drug-likeness (QED) is 0.376. The molecule has 0 fully saturated rings. The van der Waals surface area contributed by atoms with Gasteiger partial charge in [0.05, 0.1) is 0 Å². The van der Waals surface area contributed by atoms with E-state index in [-0.39, 0.29) is 0 Å². The van der Waals surface area contributed by atoms with Crippen molar-refractivity contribution in [3.63, 3.8) is 0 Å². The van der Waals surface area contributed by atoms with Crippen LogP contribution in [0, 0.1) is 31.4 Å². The number of thioether (sulfide) groups is 1. The maximum absolute atomic E-state index is 8.40. The average molecular weight is 179 g/mol. The molecule has 62 valence electrons. The summed E-state index contributed by atoms with van der Waals surface area (Å²) in [4.78, 5) is 8.31. The van der Waals surface area contributed by atoms with Gasteiger partial charge in [-0.05, 0) is 26.3 Å². The standard InChI is InChI=1S/C8H9N3S/c1-5-6(2)10-8(12-4-9)11-7(5)3/h1-3H3. The van der Waals surface area contributed by atoms with Crippen molar-refractivity contribution in [3.05, 3.63) is 17.0 Å². The Kier molecular flexibility index (Phi) is 2.66. The fourth-order valence-corrected chi connectivity index (χ4v) is 1.27. The molecule has 3 nitrogen and oxygen atoms in total. The molecule has 4 heteroatoms. The first-order valence-corrected chi connectivity index (χ1v) is 4.34. The van der Waals surface area contributed by atoms with Gasteiger partial charge in [0.1, 0.15) is 5.40 Å². The van der Waals surface area contributed by atoms with E-state index in [0.717, 1.165) is 28.7 Å². The summed E-state index contributed by atoms with van der Waals surface area (Å²) in [5, 5.41) is 10.9. The number of aryl methyl sites for hydroxylation is 2. The van der Waals surface area contributed by atoms with E-state index in [4.69, 9.17) is 5.26 Å². The highest BCUT2D eigenvalue weighted by Gasteiger charge is 2.03. The van der Waals surface area contributed by atoms with E-state index < -0.39 is 0 Å². The number of hydrogen-bond acceptors (Lipinski definition) is 4. The molecule has 0 aliphatic heterocycles. The van der Waals surface area contributed by atoms with Crippen molar-refractivity contribution < 1.29 is 0 Å². The van der Waals surface area contributed by atoms with Gasteiger partial charge in [0, 0.05) is 23.1 Å². The van der Waals surface area contributed by atoms with Crippen LogP contribution in [-0.2, 0) is 0 Å². The number of thiocyanates is 1. The largest absolute Gasteiger partial charge is 0.227 e. The molecule has 1 heterocycles. The highest BCUT2D eigenvalue weighted by molar-refractivity contribution is 8.03. The van der Waals surface area contributed by atoms with E-state index in [9.17, 15) is 0 Å². The van der Waals surface area contributed by atoms with Crippen molar-refractivity contribution in [3.8, 4) is 5.40 Å². The molecular formula is C8H9N3S. The zero-order valence-electron chi connectivity index (χ0n) is 7.25. The van der Waals surface area contributed by atoms with E-state index in [1.165, 1.54) is 0 Å². The lowest BCUT2D eigenvalue weighted by molar-refractivity contribution is 0.884. The third kappa shape index (κ3) is 1.74. The molecule has 0 aliphatic rings. The van der Waals surface area contributed by atoms with Gasteiger partial charge in [-0.25, -0.2) is 9.97 Å². The second-order valence-electron chi connectivity index (χ2n) is 2.50. The Morgan fingerprint density at radius 1 is 1.17 bits per heavy atom. The Morgan fingerprint density at radius 3 is 2.08 bits per heavy atom. The van der Waals surface area contributed by atoms with Gasteiger partial charge in [-0.3, -0.25) is 0 Å². The van der Waals surface area contributed by atoms with E-state index in [2.05, 4.69) is 9.97 Å². The van der Waals surface area contributed by atoms with Crippen molar-refractivity contribution in [1.29, 1.82) is 5.26 Å². The minimum atomic E-state index is 0.540. The van der Waals surface area contributed by atoms with Crippen molar-refractivity contribution in [1.82, 2.24) is 9.97 Å². The first-order valence-electron chi connectivity index (χ1n) is 3.53. The van der Waals surface area contributed by atoms with Gasteiger partial charge < -0.3 is 0 Å². The molecule has 1 rings (SSSR count). The first kappa shape index (κ1) is 9.01. The topological polar surface area (TPSA) is 49.6 Å². The molecule has 0 amide bonds. The highest BCUT2D eigenvalue weighted by atomic mass is 32.2. The smallest absolute Gasteiger partial charge is 0.202 e. The second kappa shape index (κ2) is 3.55. The van der Waals surface area contributed by atoms with E-state index in [1.54, 1.807) is 0 Å². The van der Waals surface area contributed by atoms with Crippen LogP contribution in [-0.4, -0.2) is 9.97 Å². The van der Waals surface area contributed by atoms with E-state index in [0.29, 0.717) is 5.16 Å². The maximum atomic E-state index is 8.40. The molecule has 1 aromatic heterocycles. The van der Waals surface area contributed by atoms with Crippen LogP contribution in [0.5, 0.6) is 0 Å². The number of nitriles is 1. The molecule has 0 saturated carbocycles. The summed E-state index contributed by atoms with van der Waals surface area (Å²) in [7, 11) is 0. The molecule has 0 N–H and O–H groups in total. The van der Waals surface area contributed by atoms with Crippen LogP contribution in [0.2, 0.25) is 0 Å². The Labute approximate surface area is 75.8 Å². The summed E-state index contributed by atoms with van der Waals surface area (Å²) >= 11 is 0.996. The summed E-state index contributed by atoms with van der Waals surface area (Å²) in [6, 6.07) is 0. The summed E-state index contributed by atoms with van der Waals surface area (Å²) in [5.74, 6) is 0. The van der Waals surface area contributed by atoms with Crippen molar-refractivity contribution in [2.24, 2.45) is 0 Å². The summed E-state index contributed by atoms with van der Waals surface area (Å²) in [6.07, 6.45) is 0. The average Bonchev–Trinajstić information content (AvgIpc) is 2.01. The van der Waals surface area contributed by atoms with Crippen LogP contribution in [0.1, 0.15) is 17.0 Å². The SMILES string of the molecule is Cc1nc(SC#N)nc(C)c1C. The first-order chi connectivity index (χ1) is 5.65. The van der Waals surface area contributed by atoms with Crippen molar-refractivity contribution in [2.75, 3.05) is 0 Å². The third-order valence-electron chi connectivity index (χ3n) is 1.75. The number of hydrogen-bond donors (Lipinski definition) is 0. The molecule has 0 spiro atoms.